The topological polar surface area (TPSA) is 73.0 Å². The van der Waals surface area contributed by atoms with Gasteiger partial charge in [-0.3, -0.25) is 4.79 Å². The molecule has 18 heavy (non-hydrogen) atoms. The lowest BCUT2D eigenvalue weighted by molar-refractivity contribution is -0.255. The lowest BCUT2D eigenvalue weighted by atomic mass is 10.1. The number of carbonyl (C=O) groups is 1. The summed E-state index contributed by atoms with van der Waals surface area (Å²) in [4.78, 5) is 24.7. The lowest BCUT2D eigenvalue weighted by Gasteiger charge is -2.08. The first kappa shape index (κ1) is 12.2. The highest BCUT2D eigenvalue weighted by atomic mass is 19.4. The van der Waals surface area contributed by atoms with Gasteiger partial charge < -0.3 is 14.9 Å². The Morgan fingerprint density at radius 1 is 1.28 bits per heavy atom. The molecule has 0 bridgehead atoms. The molecule has 0 aliphatic rings. The number of H-pyrrole nitrogens is 1. The molecule has 1 heterocycles. The van der Waals surface area contributed by atoms with E-state index in [-0.39, 0.29) is 10.9 Å². The van der Waals surface area contributed by atoms with Crippen LogP contribution in [-0.2, 0) is 6.18 Å². The number of alkyl halides is 3. The van der Waals surface area contributed by atoms with Crippen molar-refractivity contribution < 1.29 is 23.1 Å². The number of hydrogen-bond acceptors (Lipinski definition) is 3. The van der Waals surface area contributed by atoms with Gasteiger partial charge in [0.25, 0.3) is 0 Å². The third-order valence-corrected chi connectivity index (χ3v) is 2.43. The fourth-order valence-corrected chi connectivity index (χ4v) is 1.55. The Balaban J connectivity index is 2.79. The minimum absolute atomic E-state index is 0.123. The van der Waals surface area contributed by atoms with E-state index in [2.05, 4.69) is 4.98 Å². The van der Waals surface area contributed by atoms with Crippen LogP contribution in [0.15, 0.2) is 29.2 Å². The molecular weight excluding hydrogens is 251 g/mol. The number of aromatic amines is 1. The highest BCUT2D eigenvalue weighted by molar-refractivity contribution is 5.91. The van der Waals surface area contributed by atoms with Crippen LogP contribution in [0.1, 0.15) is 15.9 Å². The van der Waals surface area contributed by atoms with Crippen LogP contribution < -0.4 is 10.5 Å². The molecule has 1 aromatic heterocycles. The van der Waals surface area contributed by atoms with Gasteiger partial charge in [-0.2, -0.15) is 13.2 Å². The number of fused-ring (bicyclic) bond motifs is 1. The monoisotopic (exact) mass is 256 g/mol. The average Bonchev–Trinajstić information content (AvgIpc) is 2.27. The Hall–Kier alpha value is -2.31. The Kier molecular flexibility index (Phi) is 2.61. The first-order valence-electron chi connectivity index (χ1n) is 4.74. The van der Waals surface area contributed by atoms with Gasteiger partial charge in [-0.1, -0.05) is 0 Å². The van der Waals surface area contributed by atoms with Crippen molar-refractivity contribution in [3.05, 3.63) is 45.7 Å². The van der Waals surface area contributed by atoms with Crippen molar-refractivity contribution in [1.29, 1.82) is 0 Å². The Morgan fingerprint density at radius 3 is 2.50 bits per heavy atom. The molecule has 0 saturated heterocycles. The summed E-state index contributed by atoms with van der Waals surface area (Å²) in [6.07, 6.45) is -3.70. The van der Waals surface area contributed by atoms with Crippen molar-refractivity contribution in [2.45, 2.75) is 6.18 Å². The summed E-state index contributed by atoms with van der Waals surface area (Å²) in [5.74, 6) is -1.74. The second kappa shape index (κ2) is 3.86. The summed E-state index contributed by atoms with van der Waals surface area (Å²) in [6, 6.07) is 2.48. The van der Waals surface area contributed by atoms with Crippen molar-refractivity contribution in [3.63, 3.8) is 0 Å². The summed E-state index contributed by atoms with van der Waals surface area (Å²) < 4.78 is 37.4. The zero-order valence-corrected chi connectivity index (χ0v) is 8.67. The number of carboxylic acid groups (broad SMARTS) is 1. The molecule has 0 aliphatic heterocycles. The number of aromatic nitrogens is 1. The molecule has 0 amide bonds. The average molecular weight is 256 g/mol. The van der Waals surface area contributed by atoms with E-state index in [1.54, 1.807) is 0 Å². The Labute approximate surface area is 97.7 Å². The van der Waals surface area contributed by atoms with Gasteiger partial charge in [0.1, 0.15) is 0 Å². The van der Waals surface area contributed by atoms with Gasteiger partial charge in [-0.15, -0.1) is 0 Å². The molecule has 94 valence electrons. The standard InChI is InChI=1S/C11H6F3NO3/c12-11(13,14)5-1-2-8-6(3-5)9(16)7(4-15-8)10(17)18/h1-4H,(H,15,16)(H,17,18)/p-1. The molecule has 0 saturated carbocycles. The van der Waals surface area contributed by atoms with E-state index in [0.717, 1.165) is 18.3 Å². The summed E-state index contributed by atoms with van der Waals surface area (Å²) in [5, 5.41) is 10.3. The number of rotatable bonds is 1. The van der Waals surface area contributed by atoms with Crippen LogP contribution >= 0.6 is 0 Å². The SMILES string of the molecule is O=C([O-])c1c[nH]c2ccc(C(F)(F)F)cc2c1=O. The van der Waals surface area contributed by atoms with Crippen molar-refractivity contribution >= 4 is 16.9 Å². The van der Waals surface area contributed by atoms with Crippen LogP contribution in [-0.4, -0.2) is 11.0 Å². The summed E-state index contributed by atoms with van der Waals surface area (Å²) in [5.41, 5.74) is -2.61. The third-order valence-electron chi connectivity index (χ3n) is 2.43. The molecule has 7 heteroatoms. The van der Waals surface area contributed by atoms with E-state index < -0.39 is 28.7 Å². The fourth-order valence-electron chi connectivity index (χ4n) is 1.55. The predicted molar refractivity (Wildman–Crippen MR) is 53.9 cm³/mol. The van der Waals surface area contributed by atoms with Crippen LogP contribution in [0, 0.1) is 0 Å². The van der Waals surface area contributed by atoms with Crippen LogP contribution in [0.4, 0.5) is 13.2 Å². The second-order valence-electron chi connectivity index (χ2n) is 3.58. The molecule has 1 N–H and O–H groups in total. The smallest absolute Gasteiger partial charge is 0.416 e. The maximum absolute atomic E-state index is 12.5. The fraction of sp³-hybridized carbons (Fsp3) is 0.0909. The lowest BCUT2D eigenvalue weighted by Crippen LogP contribution is -2.29. The van der Waals surface area contributed by atoms with Crippen LogP contribution in [0.2, 0.25) is 0 Å². The largest absolute Gasteiger partial charge is 0.545 e. The molecule has 2 aromatic rings. The van der Waals surface area contributed by atoms with Crippen molar-refractivity contribution in [1.82, 2.24) is 4.98 Å². The normalized spacial score (nSPS) is 11.7. The number of aromatic carboxylic acids is 1. The van der Waals surface area contributed by atoms with Crippen molar-refractivity contribution in [3.8, 4) is 0 Å². The van der Waals surface area contributed by atoms with E-state index in [1.807, 2.05) is 0 Å². The van der Waals surface area contributed by atoms with Crippen LogP contribution in [0.25, 0.3) is 10.9 Å². The molecule has 0 aliphatic carbocycles. The highest BCUT2D eigenvalue weighted by Gasteiger charge is 2.30. The van der Waals surface area contributed by atoms with Gasteiger partial charge in [0, 0.05) is 17.1 Å². The third kappa shape index (κ3) is 1.94. The predicted octanol–water partition coefficient (Wildman–Crippen LogP) is 0.910. The van der Waals surface area contributed by atoms with Gasteiger partial charge >= 0.3 is 6.18 Å². The van der Waals surface area contributed by atoms with Crippen molar-refractivity contribution in [2.75, 3.05) is 0 Å². The molecule has 0 unspecified atom stereocenters. The van der Waals surface area contributed by atoms with E-state index in [1.165, 1.54) is 0 Å². The molecular formula is C11H5F3NO3-. The molecule has 2 rings (SSSR count). The summed E-state index contributed by atoms with van der Waals surface area (Å²) in [7, 11) is 0. The Morgan fingerprint density at radius 2 is 1.94 bits per heavy atom. The van der Waals surface area contributed by atoms with E-state index >= 15 is 0 Å². The second-order valence-corrected chi connectivity index (χ2v) is 3.58. The summed E-state index contributed by atoms with van der Waals surface area (Å²) >= 11 is 0. The van der Waals surface area contributed by atoms with E-state index in [0.29, 0.717) is 6.07 Å². The van der Waals surface area contributed by atoms with Gasteiger partial charge in [-0.05, 0) is 18.2 Å². The number of nitrogens with one attached hydrogen (secondary N) is 1. The molecule has 0 fully saturated rings. The number of carboxylic acids is 1. The van der Waals surface area contributed by atoms with Gasteiger partial charge in [0.2, 0.25) is 0 Å². The number of carbonyl (C=O) groups excluding carboxylic acids is 1. The maximum Gasteiger partial charge on any atom is 0.416 e. The number of pyridine rings is 1. The van der Waals surface area contributed by atoms with Gasteiger partial charge in [0.15, 0.2) is 5.43 Å². The zero-order chi connectivity index (χ0) is 13.5. The van der Waals surface area contributed by atoms with Gasteiger partial charge in [0.05, 0.1) is 17.1 Å². The zero-order valence-electron chi connectivity index (χ0n) is 8.67. The maximum atomic E-state index is 12.5. The van der Waals surface area contributed by atoms with E-state index in [9.17, 15) is 27.9 Å². The number of hydrogen-bond donors (Lipinski definition) is 1. The minimum Gasteiger partial charge on any atom is -0.545 e. The molecule has 0 spiro atoms. The minimum atomic E-state index is -4.60. The highest BCUT2D eigenvalue weighted by Crippen LogP contribution is 2.30. The van der Waals surface area contributed by atoms with Crippen LogP contribution in [0.3, 0.4) is 0 Å². The molecule has 0 atom stereocenters. The van der Waals surface area contributed by atoms with E-state index in [4.69, 9.17) is 0 Å². The molecule has 4 nitrogen and oxygen atoms in total. The Bertz CT molecular complexity index is 688. The quantitative estimate of drug-likeness (QED) is 0.824. The first-order valence-corrected chi connectivity index (χ1v) is 4.74. The summed E-state index contributed by atoms with van der Waals surface area (Å²) in [6.45, 7) is 0. The number of benzene rings is 1. The van der Waals surface area contributed by atoms with Crippen LogP contribution in [0.5, 0.6) is 0 Å². The first-order chi connectivity index (χ1) is 8.30. The molecule has 1 aromatic carbocycles. The van der Waals surface area contributed by atoms with Crippen molar-refractivity contribution in [2.24, 2.45) is 0 Å². The molecule has 0 radical (unpaired) electrons. The van der Waals surface area contributed by atoms with Gasteiger partial charge in [-0.25, -0.2) is 0 Å². The number of halogens is 3.